The number of carbonyl (C=O) groups is 2. The van der Waals surface area contributed by atoms with Crippen molar-refractivity contribution in [3.05, 3.63) is 0 Å². The maximum absolute atomic E-state index is 12.3. The largest absolute Gasteiger partial charge is 0.339 e. The van der Waals surface area contributed by atoms with Crippen molar-refractivity contribution in [2.45, 2.75) is 33.6 Å². The summed E-state index contributed by atoms with van der Waals surface area (Å²) in [6.07, 6.45) is 1.82. The highest BCUT2D eigenvalue weighted by Gasteiger charge is 2.28. The fourth-order valence-corrected chi connectivity index (χ4v) is 2.46. The van der Waals surface area contributed by atoms with Gasteiger partial charge in [0.2, 0.25) is 11.8 Å². The van der Waals surface area contributed by atoms with E-state index in [-0.39, 0.29) is 23.7 Å². The lowest BCUT2D eigenvalue weighted by Crippen LogP contribution is -2.53. The van der Waals surface area contributed by atoms with Gasteiger partial charge in [-0.2, -0.15) is 0 Å². The molecule has 1 heterocycles. The van der Waals surface area contributed by atoms with Crippen LogP contribution in [0, 0.1) is 11.8 Å². The number of hydrogen-bond acceptors (Lipinski definition) is 3. The molecule has 1 aliphatic heterocycles. The van der Waals surface area contributed by atoms with Crippen molar-refractivity contribution in [2.75, 3.05) is 32.7 Å². The first-order chi connectivity index (χ1) is 9.01. The third-order valence-corrected chi connectivity index (χ3v) is 3.67. The highest BCUT2D eigenvalue weighted by atomic mass is 16.2. The molecule has 1 saturated heterocycles. The molecule has 5 heteroatoms. The molecule has 110 valence electrons. The van der Waals surface area contributed by atoms with Crippen molar-refractivity contribution in [1.82, 2.24) is 9.80 Å². The van der Waals surface area contributed by atoms with Crippen molar-refractivity contribution in [3.8, 4) is 0 Å². The summed E-state index contributed by atoms with van der Waals surface area (Å²) in [5.74, 6) is 0.300. The molecule has 1 aliphatic rings. The van der Waals surface area contributed by atoms with E-state index in [4.69, 9.17) is 5.73 Å². The molecule has 1 unspecified atom stereocenters. The zero-order valence-corrected chi connectivity index (χ0v) is 12.4. The molecule has 1 fully saturated rings. The minimum atomic E-state index is -0.0580. The average Bonchev–Trinajstić information content (AvgIpc) is 2.43. The van der Waals surface area contributed by atoms with Gasteiger partial charge in [-0.1, -0.05) is 27.2 Å². The first kappa shape index (κ1) is 16.0. The highest BCUT2D eigenvalue weighted by Crippen LogP contribution is 2.13. The van der Waals surface area contributed by atoms with Crippen LogP contribution in [0.15, 0.2) is 0 Å². The lowest BCUT2D eigenvalue weighted by molar-refractivity contribution is -0.143. The second-order valence-electron chi connectivity index (χ2n) is 5.53. The summed E-state index contributed by atoms with van der Waals surface area (Å²) in [4.78, 5) is 27.9. The summed E-state index contributed by atoms with van der Waals surface area (Å²) in [5.41, 5.74) is 5.67. The van der Waals surface area contributed by atoms with E-state index in [2.05, 4.69) is 6.92 Å². The molecule has 2 amide bonds. The van der Waals surface area contributed by atoms with Gasteiger partial charge in [-0.25, -0.2) is 0 Å². The molecule has 0 aromatic heterocycles. The maximum atomic E-state index is 12.3. The fraction of sp³-hybridized carbons (Fsp3) is 0.857. The molecule has 0 bridgehead atoms. The van der Waals surface area contributed by atoms with Gasteiger partial charge < -0.3 is 15.5 Å². The summed E-state index contributed by atoms with van der Waals surface area (Å²) in [6, 6.07) is 0. The Morgan fingerprint density at radius 1 is 1.05 bits per heavy atom. The zero-order valence-electron chi connectivity index (χ0n) is 12.4. The Kier molecular flexibility index (Phi) is 6.28. The van der Waals surface area contributed by atoms with E-state index in [0.29, 0.717) is 32.7 Å². The van der Waals surface area contributed by atoms with Crippen LogP contribution in [0.4, 0.5) is 0 Å². The summed E-state index contributed by atoms with van der Waals surface area (Å²) in [5, 5.41) is 0. The lowest BCUT2D eigenvalue weighted by Gasteiger charge is -2.37. The first-order valence-corrected chi connectivity index (χ1v) is 7.28. The van der Waals surface area contributed by atoms with Gasteiger partial charge in [0, 0.05) is 38.6 Å². The molecule has 0 saturated carbocycles. The maximum Gasteiger partial charge on any atom is 0.227 e. The summed E-state index contributed by atoms with van der Waals surface area (Å²) < 4.78 is 0. The van der Waals surface area contributed by atoms with Crippen LogP contribution in [-0.4, -0.2) is 54.3 Å². The van der Waals surface area contributed by atoms with Crippen molar-refractivity contribution in [1.29, 1.82) is 0 Å². The van der Waals surface area contributed by atoms with Gasteiger partial charge in [0.05, 0.1) is 5.92 Å². The summed E-state index contributed by atoms with van der Waals surface area (Å²) >= 11 is 0. The predicted octanol–water partition coefficient (Wildman–Crippen LogP) is 0.688. The van der Waals surface area contributed by atoms with Gasteiger partial charge >= 0.3 is 0 Å². The number of hydrogen-bond donors (Lipinski definition) is 1. The Labute approximate surface area is 116 Å². The van der Waals surface area contributed by atoms with Crippen LogP contribution >= 0.6 is 0 Å². The lowest BCUT2D eigenvalue weighted by atomic mass is 10.0. The van der Waals surface area contributed by atoms with Crippen LogP contribution in [0.2, 0.25) is 0 Å². The van der Waals surface area contributed by atoms with E-state index in [1.165, 1.54) is 0 Å². The molecule has 0 aromatic carbocycles. The molecular weight excluding hydrogens is 242 g/mol. The van der Waals surface area contributed by atoms with Gasteiger partial charge in [-0.3, -0.25) is 9.59 Å². The topological polar surface area (TPSA) is 66.6 Å². The van der Waals surface area contributed by atoms with Crippen LogP contribution in [0.3, 0.4) is 0 Å². The number of nitrogens with zero attached hydrogens (tertiary/aromatic N) is 2. The highest BCUT2D eigenvalue weighted by molar-refractivity contribution is 5.80. The molecule has 0 aromatic rings. The molecule has 1 atom stereocenters. The standard InChI is InChI=1S/C14H27N3O2/c1-4-5-12(10-15)14(19)17-8-6-16(7-9-17)13(18)11(2)3/h11-12H,4-10,15H2,1-3H3. The Morgan fingerprint density at radius 3 is 1.89 bits per heavy atom. The van der Waals surface area contributed by atoms with Gasteiger partial charge in [0.15, 0.2) is 0 Å². The molecule has 5 nitrogen and oxygen atoms in total. The number of carbonyl (C=O) groups excluding carboxylic acids is 2. The minimum Gasteiger partial charge on any atom is -0.339 e. The SMILES string of the molecule is CCCC(CN)C(=O)N1CCN(C(=O)C(C)C)CC1. The third-order valence-electron chi connectivity index (χ3n) is 3.67. The Morgan fingerprint density at radius 2 is 1.53 bits per heavy atom. The molecular formula is C14H27N3O2. The smallest absolute Gasteiger partial charge is 0.227 e. The Bertz CT molecular complexity index is 310. The first-order valence-electron chi connectivity index (χ1n) is 7.28. The minimum absolute atomic E-state index is 0.0270. The van der Waals surface area contributed by atoms with Crippen LogP contribution < -0.4 is 5.73 Å². The molecule has 1 rings (SSSR count). The molecule has 19 heavy (non-hydrogen) atoms. The molecule has 0 spiro atoms. The van der Waals surface area contributed by atoms with E-state index in [0.717, 1.165) is 12.8 Å². The number of amides is 2. The van der Waals surface area contributed by atoms with Crippen LogP contribution in [0.5, 0.6) is 0 Å². The normalized spacial score (nSPS) is 17.7. The van der Waals surface area contributed by atoms with Gasteiger partial charge in [-0.05, 0) is 6.42 Å². The number of nitrogens with two attached hydrogens (primary N) is 1. The van der Waals surface area contributed by atoms with Gasteiger partial charge in [-0.15, -0.1) is 0 Å². The van der Waals surface area contributed by atoms with E-state index >= 15 is 0 Å². The van der Waals surface area contributed by atoms with E-state index < -0.39 is 0 Å². The van der Waals surface area contributed by atoms with Crippen molar-refractivity contribution in [2.24, 2.45) is 17.6 Å². The van der Waals surface area contributed by atoms with Crippen molar-refractivity contribution in [3.63, 3.8) is 0 Å². The molecule has 0 aliphatic carbocycles. The summed E-state index contributed by atoms with van der Waals surface area (Å²) in [7, 11) is 0. The van der Waals surface area contributed by atoms with Crippen molar-refractivity contribution < 1.29 is 9.59 Å². The Balaban J connectivity index is 2.49. The number of rotatable bonds is 5. The zero-order chi connectivity index (χ0) is 14.4. The monoisotopic (exact) mass is 269 g/mol. The third kappa shape index (κ3) is 4.20. The van der Waals surface area contributed by atoms with E-state index in [9.17, 15) is 9.59 Å². The van der Waals surface area contributed by atoms with Crippen molar-refractivity contribution >= 4 is 11.8 Å². The average molecular weight is 269 g/mol. The van der Waals surface area contributed by atoms with Crippen LogP contribution in [0.1, 0.15) is 33.6 Å². The van der Waals surface area contributed by atoms with Crippen LogP contribution in [0.25, 0.3) is 0 Å². The summed E-state index contributed by atoms with van der Waals surface area (Å²) in [6.45, 7) is 8.86. The van der Waals surface area contributed by atoms with Gasteiger partial charge in [0.1, 0.15) is 0 Å². The number of piperazine rings is 1. The second kappa shape index (κ2) is 7.48. The fourth-order valence-electron chi connectivity index (χ4n) is 2.46. The van der Waals surface area contributed by atoms with Crippen LogP contribution in [-0.2, 0) is 9.59 Å². The van der Waals surface area contributed by atoms with Gasteiger partial charge in [0.25, 0.3) is 0 Å². The quantitative estimate of drug-likeness (QED) is 0.798. The molecule has 0 radical (unpaired) electrons. The predicted molar refractivity (Wildman–Crippen MR) is 75.5 cm³/mol. The Hall–Kier alpha value is -1.10. The van der Waals surface area contributed by atoms with E-state index in [1.54, 1.807) is 0 Å². The van der Waals surface area contributed by atoms with E-state index in [1.807, 2.05) is 23.6 Å². The molecule has 2 N–H and O–H groups in total. The second-order valence-corrected chi connectivity index (χ2v) is 5.53.